The van der Waals surface area contributed by atoms with Gasteiger partial charge in [-0.25, -0.2) is 13.6 Å². The molecule has 0 heterocycles. The lowest BCUT2D eigenvalue weighted by Gasteiger charge is -2.14. The molecule has 2 N–H and O–H groups in total. The molecule has 118 valence electrons. The molecule has 1 aromatic rings. The van der Waals surface area contributed by atoms with E-state index in [0.29, 0.717) is 0 Å². The quantitative estimate of drug-likeness (QED) is 0.375. The van der Waals surface area contributed by atoms with E-state index in [1.54, 1.807) is 12.1 Å². The van der Waals surface area contributed by atoms with Crippen LogP contribution < -0.4 is 0 Å². The minimum Gasteiger partial charge on any atom is -0.744 e. The fourth-order valence-corrected chi connectivity index (χ4v) is 1.17. The van der Waals surface area contributed by atoms with Crippen LogP contribution in [0.2, 0.25) is 0 Å². The summed E-state index contributed by atoms with van der Waals surface area (Å²) in [5.41, 5.74) is 0.928. The van der Waals surface area contributed by atoms with Gasteiger partial charge in [-0.2, -0.15) is 4.65 Å². The number of hydroxylamine groups is 3. The highest BCUT2D eigenvalue weighted by Gasteiger charge is 2.03. The Morgan fingerprint density at radius 3 is 1.65 bits per heavy atom. The monoisotopic (exact) mass is 307 g/mol. The number of rotatable bonds is 2. The second-order valence-electron chi connectivity index (χ2n) is 4.74. The Morgan fingerprint density at radius 2 is 1.45 bits per heavy atom. The van der Waals surface area contributed by atoms with E-state index in [1.165, 1.54) is 32.6 Å². The number of hydrogen-bond donors (Lipinski definition) is 2. The molecule has 1 aromatic carbocycles. The molecule has 6 nitrogen and oxygen atoms in total. The van der Waals surface area contributed by atoms with Crippen molar-refractivity contribution in [3.8, 4) is 0 Å². The van der Waals surface area contributed by atoms with Gasteiger partial charge >= 0.3 is 0 Å². The predicted molar refractivity (Wildman–Crippen MR) is 76.1 cm³/mol. The van der Waals surface area contributed by atoms with Crippen molar-refractivity contribution in [3.63, 3.8) is 0 Å². The van der Waals surface area contributed by atoms with Gasteiger partial charge in [0.05, 0.1) is 4.90 Å². The molecule has 7 heteroatoms. The summed E-state index contributed by atoms with van der Waals surface area (Å²) >= 11 is 0. The van der Waals surface area contributed by atoms with Gasteiger partial charge in [0, 0.05) is 0 Å². The highest BCUT2D eigenvalue weighted by atomic mass is 32.2. The Hall–Kier alpha value is -0.990. The molecule has 0 saturated carbocycles. The molecule has 1 rings (SSSR count). The molecule has 0 aliphatic rings. The highest BCUT2D eigenvalue weighted by Crippen LogP contribution is 2.08. The lowest BCUT2D eigenvalue weighted by atomic mass is 10.2. The number of aliphatic hydroxyl groups excluding tert-OH is 1. The van der Waals surface area contributed by atoms with Gasteiger partial charge in [0.2, 0.25) is 6.73 Å². The van der Waals surface area contributed by atoms with E-state index in [0.717, 1.165) is 5.56 Å². The van der Waals surface area contributed by atoms with E-state index in [9.17, 15) is 13.0 Å². The number of nitrogens with zero attached hydrogens (tertiary/aromatic N) is 1. The lowest BCUT2D eigenvalue weighted by Crippen LogP contribution is -2.35. The Labute approximate surface area is 121 Å². The summed E-state index contributed by atoms with van der Waals surface area (Å²) in [5, 5.41) is 16.6. The summed E-state index contributed by atoms with van der Waals surface area (Å²) in [6, 6.07) is 5.78. The van der Waals surface area contributed by atoms with Crippen molar-refractivity contribution in [1.82, 2.24) is 0 Å². The van der Waals surface area contributed by atoms with E-state index in [1.807, 2.05) is 6.92 Å². The summed E-state index contributed by atoms with van der Waals surface area (Å²) in [5.74, 6) is 0. The normalized spacial score (nSPS) is 10.8. The van der Waals surface area contributed by atoms with Crippen LogP contribution in [0.4, 0.5) is 0 Å². The predicted octanol–water partition coefficient (Wildman–Crippen LogP) is 1.72. The Kier molecular flexibility index (Phi) is 10.5. The van der Waals surface area contributed by atoms with E-state index in [4.69, 9.17) is 10.3 Å². The standard InChI is InChI=1S/C7H8O3S.C3H10NO2.C3H8/c1-6-2-4-7(5-3-6)11(8,9)10;1-4(2,6)3-5;1-3-2/h2-5H,1H3,(H,8,9,10);5-6H,3H2,1-2H3;3H2,1-2H3/q;+1;/p-1. The van der Waals surface area contributed by atoms with Crippen LogP contribution in [0.3, 0.4) is 0 Å². The molecular weight excluding hydrogens is 282 g/mol. The second kappa shape index (κ2) is 9.84. The van der Waals surface area contributed by atoms with Crippen LogP contribution in [0.5, 0.6) is 0 Å². The molecular formula is C13H25NO5S. The highest BCUT2D eigenvalue weighted by molar-refractivity contribution is 7.85. The molecule has 20 heavy (non-hydrogen) atoms. The first-order chi connectivity index (χ1) is 8.97. The van der Waals surface area contributed by atoms with E-state index < -0.39 is 10.1 Å². The molecule has 0 fully saturated rings. The van der Waals surface area contributed by atoms with Crippen molar-refractivity contribution in [1.29, 1.82) is 0 Å². The first-order valence-electron chi connectivity index (χ1n) is 6.17. The van der Waals surface area contributed by atoms with Gasteiger partial charge in [-0.1, -0.05) is 38.0 Å². The second-order valence-corrected chi connectivity index (χ2v) is 6.12. The maximum atomic E-state index is 10.4. The van der Waals surface area contributed by atoms with Gasteiger partial charge in [-0.3, -0.25) is 0 Å². The maximum absolute atomic E-state index is 10.4. The van der Waals surface area contributed by atoms with Gasteiger partial charge < -0.3 is 9.66 Å². The van der Waals surface area contributed by atoms with Gasteiger partial charge in [0.25, 0.3) is 0 Å². The van der Waals surface area contributed by atoms with Gasteiger partial charge in [-0.05, 0) is 19.1 Å². The first kappa shape index (κ1) is 21.3. The van der Waals surface area contributed by atoms with Crippen LogP contribution in [0.1, 0.15) is 25.8 Å². The molecule has 0 amide bonds. The number of hydrogen-bond acceptors (Lipinski definition) is 5. The Balaban J connectivity index is 0. The molecule has 0 saturated heterocycles. The third-order valence-corrected chi connectivity index (χ3v) is 2.51. The van der Waals surface area contributed by atoms with Crippen LogP contribution in [0, 0.1) is 6.92 Å². The van der Waals surface area contributed by atoms with Crippen molar-refractivity contribution < 1.29 is 27.9 Å². The first-order valence-corrected chi connectivity index (χ1v) is 7.57. The van der Waals surface area contributed by atoms with Gasteiger partial charge in [0.1, 0.15) is 24.2 Å². The summed E-state index contributed by atoms with van der Waals surface area (Å²) < 4.78 is 30.8. The number of benzene rings is 1. The molecule has 0 aliphatic carbocycles. The summed E-state index contributed by atoms with van der Waals surface area (Å²) in [6.07, 6.45) is 1.25. The Morgan fingerprint density at radius 1 is 1.15 bits per heavy atom. The molecule has 0 aliphatic heterocycles. The largest absolute Gasteiger partial charge is 0.744 e. The topological polar surface area (TPSA) is 97.7 Å². The van der Waals surface area contributed by atoms with E-state index >= 15 is 0 Å². The molecule has 0 aromatic heterocycles. The number of aliphatic hydroxyl groups is 1. The van der Waals surface area contributed by atoms with Crippen LogP contribution in [0.25, 0.3) is 0 Å². The molecule has 0 atom stereocenters. The number of quaternary nitrogens is 1. The SMILES string of the molecule is CCC.C[N+](C)(O)CO.Cc1ccc(S(=O)(=O)[O-])cc1. The average Bonchev–Trinajstić information content (AvgIpc) is 2.29. The van der Waals surface area contributed by atoms with Crippen LogP contribution >= 0.6 is 0 Å². The molecule has 0 bridgehead atoms. The zero-order valence-electron chi connectivity index (χ0n) is 12.7. The lowest BCUT2D eigenvalue weighted by molar-refractivity contribution is -1.09. The average molecular weight is 307 g/mol. The molecule has 0 unspecified atom stereocenters. The van der Waals surface area contributed by atoms with Crippen molar-refractivity contribution >= 4 is 10.1 Å². The smallest absolute Gasteiger partial charge is 0.209 e. The van der Waals surface area contributed by atoms with Crippen molar-refractivity contribution in [2.45, 2.75) is 32.1 Å². The maximum Gasteiger partial charge on any atom is 0.209 e. The molecule has 0 spiro atoms. The third-order valence-electron chi connectivity index (χ3n) is 1.66. The van der Waals surface area contributed by atoms with Gasteiger partial charge in [-0.15, -0.1) is 0 Å². The van der Waals surface area contributed by atoms with Crippen LogP contribution in [0.15, 0.2) is 29.2 Å². The van der Waals surface area contributed by atoms with Crippen molar-refractivity contribution in [3.05, 3.63) is 29.8 Å². The summed E-state index contributed by atoms with van der Waals surface area (Å²) in [4.78, 5) is -0.178. The van der Waals surface area contributed by atoms with E-state index in [2.05, 4.69) is 13.8 Å². The zero-order valence-corrected chi connectivity index (χ0v) is 13.5. The van der Waals surface area contributed by atoms with Gasteiger partial charge in [0.15, 0.2) is 0 Å². The fourth-order valence-electron chi connectivity index (χ4n) is 0.705. The van der Waals surface area contributed by atoms with Crippen molar-refractivity contribution in [2.24, 2.45) is 0 Å². The Bertz CT molecular complexity index is 449. The van der Waals surface area contributed by atoms with Crippen LogP contribution in [-0.2, 0) is 10.1 Å². The molecule has 0 radical (unpaired) electrons. The third kappa shape index (κ3) is 13.4. The fraction of sp³-hybridized carbons (Fsp3) is 0.538. The summed E-state index contributed by atoms with van der Waals surface area (Å²) in [6.45, 7) is 5.83. The zero-order chi connectivity index (χ0) is 16.4. The van der Waals surface area contributed by atoms with Crippen LogP contribution in [-0.4, -0.2) is 48.8 Å². The van der Waals surface area contributed by atoms with E-state index in [-0.39, 0.29) is 16.3 Å². The minimum absolute atomic E-state index is 0.178. The minimum atomic E-state index is -4.27. The van der Waals surface area contributed by atoms with Crippen molar-refractivity contribution in [2.75, 3.05) is 20.8 Å². The summed E-state index contributed by atoms with van der Waals surface area (Å²) in [7, 11) is -1.30. The number of aryl methyl sites for hydroxylation is 1.